The number of ether oxygens (including phenoxy) is 1. The van der Waals surface area contributed by atoms with Crippen LogP contribution in [0.5, 0.6) is 5.75 Å². The zero-order valence-corrected chi connectivity index (χ0v) is 11.7. The van der Waals surface area contributed by atoms with Crippen LogP contribution in [0.15, 0.2) is 35.5 Å². The number of hydrogen-bond acceptors (Lipinski definition) is 4. The Balaban J connectivity index is 2.00. The number of rotatable bonds is 6. The molecule has 0 radical (unpaired) electrons. The summed E-state index contributed by atoms with van der Waals surface area (Å²) in [7, 11) is 1.64. The molecule has 106 valence electrons. The Hall–Kier alpha value is -1.99. The zero-order valence-electron chi connectivity index (χ0n) is 11.7. The number of benzene rings is 1. The third kappa shape index (κ3) is 3.52. The molecule has 1 aromatic carbocycles. The van der Waals surface area contributed by atoms with Gasteiger partial charge in [0.25, 0.3) is 0 Å². The maximum Gasteiger partial charge on any atom is 0.118 e. The topological polar surface area (TPSA) is 65.3 Å². The fourth-order valence-corrected chi connectivity index (χ4v) is 2.48. The largest absolute Gasteiger partial charge is 0.497 e. The van der Waals surface area contributed by atoms with E-state index in [1.807, 2.05) is 24.3 Å². The molecule has 0 heterocycles. The average molecular weight is 272 g/mol. The maximum atomic E-state index is 9.51. The highest BCUT2D eigenvalue weighted by molar-refractivity contribution is 5.31. The van der Waals surface area contributed by atoms with E-state index in [9.17, 15) is 5.11 Å². The molecule has 0 bridgehead atoms. The molecule has 1 atom stereocenters. The van der Waals surface area contributed by atoms with Gasteiger partial charge >= 0.3 is 0 Å². The first kappa shape index (κ1) is 14.4. The molecule has 1 aliphatic rings. The van der Waals surface area contributed by atoms with Gasteiger partial charge in [-0.1, -0.05) is 12.1 Å². The number of allylic oxidation sites excluding steroid dienone is 2. The van der Waals surface area contributed by atoms with Crippen LogP contribution in [0.2, 0.25) is 0 Å². The van der Waals surface area contributed by atoms with Gasteiger partial charge in [0.15, 0.2) is 0 Å². The van der Waals surface area contributed by atoms with Crippen molar-refractivity contribution in [1.82, 2.24) is 5.32 Å². The van der Waals surface area contributed by atoms with Gasteiger partial charge in [0, 0.05) is 11.3 Å². The second-order valence-electron chi connectivity index (χ2n) is 5.00. The lowest BCUT2D eigenvalue weighted by Gasteiger charge is -2.19. The second kappa shape index (κ2) is 6.97. The molecular weight excluding hydrogens is 252 g/mol. The van der Waals surface area contributed by atoms with Gasteiger partial charge in [-0.3, -0.25) is 0 Å². The average Bonchev–Trinajstić information content (AvgIpc) is 2.94. The minimum atomic E-state index is -0.0557. The predicted octanol–water partition coefficient (Wildman–Crippen LogP) is 2.15. The summed E-state index contributed by atoms with van der Waals surface area (Å²) in [6.07, 6.45) is 3.50. The van der Waals surface area contributed by atoms with Crippen LogP contribution in [0.3, 0.4) is 0 Å². The van der Waals surface area contributed by atoms with E-state index in [-0.39, 0.29) is 12.6 Å². The summed E-state index contributed by atoms with van der Waals surface area (Å²) in [5, 5.41) is 21.9. The summed E-state index contributed by atoms with van der Waals surface area (Å²) in [5.41, 5.74) is 2.97. The molecule has 0 unspecified atom stereocenters. The highest BCUT2D eigenvalue weighted by Crippen LogP contribution is 2.24. The molecule has 0 aromatic heterocycles. The van der Waals surface area contributed by atoms with Gasteiger partial charge in [0.1, 0.15) is 5.75 Å². The molecular formula is C16H20N2O2. The quantitative estimate of drug-likeness (QED) is 0.833. The Morgan fingerprint density at radius 2 is 2.10 bits per heavy atom. The van der Waals surface area contributed by atoms with Crippen LogP contribution in [0.1, 0.15) is 24.8 Å². The van der Waals surface area contributed by atoms with Crippen molar-refractivity contribution < 1.29 is 9.84 Å². The number of nitrogens with zero attached hydrogens (tertiary/aromatic N) is 1. The molecule has 0 saturated heterocycles. The second-order valence-corrected chi connectivity index (χ2v) is 5.00. The number of methoxy groups -OCH3 is 1. The first-order valence-electron chi connectivity index (χ1n) is 6.89. The van der Waals surface area contributed by atoms with Crippen LogP contribution in [-0.4, -0.2) is 24.9 Å². The molecule has 0 aliphatic heterocycles. The van der Waals surface area contributed by atoms with Crippen LogP contribution in [-0.2, 0) is 6.42 Å². The van der Waals surface area contributed by atoms with Gasteiger partial charge < -0.3 is 15.2 Å². The summed E-state index contributed by atoms with van der Waals surface area (Å²) < 4.78 is 5.13. The molecule has 0 spiro atoms. The standard InChI is InChI=1S/C16H20N2O2/c1-20-15-7-5-12(6-8-15)9-14(11-19)18-16-4-2-3-13(16)10-17/h5-8,14,18-19H,2-4,9,11H2,1H3/t14-/m0/s1. The summed E-state index contributed by atoms with van der Waals surface area (Å²) in [5.74, 6) is 0.826. The summed E-state index contributed by atoms with van der Waals surface area (Å²) in [6.45, 7) is 0.0498. The van der Waals surface area contributed by atoms with E-state index < -0.39 is 0 Å². The number of hydrogen-bond donors (Lipinski definition) is 2. The Kier molecular flexibility index (Phi) is 5.03. The minimum absolute atomic E-state index is 0.0498. The monoisotopic (exact) mass is 272 g/mol. The molecule has 4 nitrogen and oxygen atoms in total. The van der Waals surface area contributed by atoms with Crippen molar-refractivity contribution in [3.8, 4) is 11.8 Å². The van der Waals surface area contributed by atoms with Gasteiger partial charge in [0.2, 0.25) is 0 Å². The van der Waals surface area contributed by atoms with Crippen LogP contribution in [0.4, 0.5) is 0 Å². The highest BCUT2D eigenvalue weighted by Gasteiger charge is 2.17. The molecule has 20 heavy (non-hydrogen) atoms. The predicted molar refractivity (Wildman–Crippen MR) is 77.2 cm³/mol. The van der Waals surface area contributed by atoms with Crippen LogP contribution < -0.4 is 10.1 Å². The first-order chi connectivity index (χ1) is 9.76. The van der Waals surface area contributed by atoms with Gasteiger partial charge in [-0.15, -0.1) is 0 Å². The van der Waals surface area contributed by atoms with Gasteiger partial charge in [-0.05, 0) is 43.4 Å². The third-order valence-electron chi connectivity index (χ3n) is 3.59. The minimum Gasteiger partial charge on any atom is -0.497 e. The molecule has 4 heteroatoms. The smallest absolute Gasteiger partial charge is 0.118 e. The van der Waals surface area contributed by atoms with E-state index in [2.05, 4.69) is 11.4 Å². The Labute approximate surface area is 119 Å². The number of nitriles is 1. The molecule has 0 saturated carbocycles. The third-order valence-corrected chi connectivity index (χ3v) is 3.59. The van der Waals surface area contributed by atoms with Gasteiger partial charge in [-0.2, -0.15) is 5.26 Å². The van der Waals surface area contributed by atoms with Crippen LogP contribution in [0, 0.1) is 11.3 Å². The van der Waals surface area contributed by atoms with Crippen molar-refractivity contribution in [2.24, 2.45) is 0 Å². The van der Waals surface area contributed by atoms with Gasteiger partial charge in [-0.25, -0.2) is 0 Å². The van der Waals surface area contributed by atoms with Crippen LogP contribution >= 0.6 is 0 Å². The van der Waals surface area contributed by atoms with E-state index in [4.69, 9.17) is 10.00 Å². The fraction of sp³-hybridized carbons (Fsp3) is 0.438. The molecule has 1 aromatic rings. The molecule has 0 amide bonds. The molecule has 1 aliphatic carbocycles. The fourth-order valence-electron chi connectivity index (χ4n) is 2.48. The lowest BCUT2D eigenvalue weighted by molar-refractivity contribution is 0.248. The van der Waals surface area contributed by atoms with Crippen molar-refractivity contribution in [3.05, 3.63) is 41.1 Å². The van der Waals surface area contributed by atoms with E-state index in [1.54, 1.807) is 7.11 Å². The van der Waals surface area contributed by atoms with Crippen molar-refractivity contribution >= 4 is 0 Å². The normalized spacial score (nSPS) is 15.8. The Morgan fingerprint density at radius 1 is 1.35 bits per heavy atom. The summed E-state index contributed by atoms with van der Waals surface area (Å²) in [6, 6.07) is 10.0. The van der Waals surface area contributed by atoms with Crippen molar-refractivity contribution in [2.75, 3.05) is 13.7 Å². The zero-order chi connectivity index (χ0) is 14.4. The van der Waals surface area contributed by atoms with Crippen molar-refractivity contribution in [1.29, 1.82) is 5.26 Å². The number of nitrogens with one attached hydrogen (secondary N) is 1. The maximum absolute atomic E-state index is 9.51. The van der Waals surface area contributed by atoms with E-state index >= 15 is 0 Å². The lowest BCUT2D eigenvalue weighted by atomic mass is 10.1. The summed E-state index contributed by atoms with van der Waals surface area (Å²) >= 11 is 0. The van der Waals surface area contributed by atoms with E-state index in [1.165, 1.54) is 0 Å². The van der Waals surface area contributed by atoms with E-state index in [0.29, 0.717) is 0 Å². The van der Waals surface area contributed by atoms with Gasteiger partial charge in [0.05, 0.1) is 25.8 Å². The van der Waals surface area contributed by atoms with Crippen molar-refractivity contribution in [2.45, 2.75) is 31.7 Å². The Morgan fingerprint density at radius 3 is 2.70 bits per heavy atom. The highest BCUT2D eigenvalue weighted by atomic mass is 16.5. The molecule has 2 N–H and O–H groups in total. The molecule has 0 fully saturated rings. The van der Waals surface area contributed by atoms with E-state index in [0.717, 1.165) is 48.3 Å². The lowest BCUT2D eigenvalue weighted by Crippen LogP contribution is -2.33. The first-order valence-corrected chi connectivity index (χ1v) is 6.89. The summed E-state index contributed by atoms with van der Waals surface area (Å²) in [4.78, 5) is 0. The van der Waals surface area contributed by atoms with Crippen LogP contribution in [0.25, 0.3) is 0 Å². The molecule has 2 rings (SSSR count). The number of aliphatic hydroxyl groups is 1. The van der Waals surface area contributed by atoms with Crippen molar-refractivity contribution in [3.63, 3.8) is 0 Å². The number of aliphatic hydroxyl groups excluding tert-OH is 1. The Bertz CT molecular complexity index is 514. The SMILES string of the molecule is COc1ccc(C[C@@H](CO)NC2=C(C#N)CCC2)cc1.